The number of hydrogen-bond acceptors (Lipinski definition) is 1. The summed E-state index contributed by atoms with van der Waals surface area (Å²) in [7, 11) is 0. The monoisotopic (exact) mass is 312 g/mol. The summed E-state index contributed by atoms with van der Waals surface area (Å²) in [5, 5.41) is 6.05. The number of fused-ring (bicyclic) bond motifs is 1. The zero-order chi connectivity index (χ0) is 16.5. The van der Waals surface area contributed by atoms with Gasteiger partial charge in [-0.2, -0.15) is 5.10 Å². The van der Waals surface area contributed by atoms with Crippen LogP contribution in [0.4, 0.5) is 0 Å². The molecule has 0 bridgehead atoms. The molecule has 3 aromatic carbocycles. The van der Waals surface area contributed by atoms with Crippen LogP contribution in [-0.2, 0) is 6.54 Å². The Morgan fingerprint density at radius 2 is 1.38 bits per heavy atom. The van der Waals surface area contributed by atoms with Crippen molar-refractivity contribution in [3.05, 3.63) is 89.5 Å². The number of rotatable bonds is 3. The number of nitrogens with zero attached hydrogens (tertiary/aromatic N) is 2. The lowest BCUT2D eigenvalue weighted by Gasteiger charge is -2.09. The molecular formula is C22H20N2. The first-order valence-corrected chi connectivity index (χ1v) is 8.29. The van der Waals surface area contributed by atoms with Crippen molar-refractivity contribution in [2.45, 2.75) is 20.4 Å². The third-order valence-corrected chi connectivity index (χ3v) is 4.42. The van der Waals surface area contributed by atoms with E-state index >= 15 is 0 Å². The Bertz CT molecular complexity index is 977. The fraction of sp³-hybridized carbons (Fsp3) is 0.136. The molecule has 0 N–H and O–H groups in total. The first-order valence-electron chi connectivity index (χ1n) is 8.29. The lowest BCUT2D eigenvalue weighted by atomic mass is 10.1. The Labute approximate surface area is 142 Å². The van der Waals surface area contributed by atoms with Gasteiger partial charge < -0.3 is 0 Å². The van der Waals surface area contributed by atoms with E-state index in [-0.39, 0.29) is 0 Å². The van der Waals surface area contributed by atoms with Crippen molar-refractivity contribution in [3.8, 4) is 11.3 Å². The van der Waals surface area contributed by atoms with Crippen molar-refractivity contribution < 1.29 is 0 Å². The molecule has 0 aliphatic carbocycles. The highest BCUT2D eigenvalue weighted by Crippen LogP contribution is 2.29. The molecule has 1 aromatic heterocycles. The molecule has 1 heterocycles. The summed E-state index contributed by atoms with van der Waals surface area (Å²) in [5.74, 6) is 0. The Morgan fingerprint density at radius 3 is 2.08 bits per heavy atom. The van der Waals surface area contributed by atoms with E-state index in [4.69, 9.17) is 5.10 Å². The minimum Gasteiger partial charge on any atom is -0.259 e. The minimum atomic E-state index is 0.776. The van der Waals surface area contributed by atoms with Crippen molar-refractivity contribution in [3.63, 3.8) is 0 Å². The molecule has 0 saturated heterocycles. The maximum absolute atomic E-state index is 4.85. The second-order valence-electron chi connectivity index (χ2n) is 6.38. The van der Waals surface area contributed by atoms with Crippen LogP contribution in [0.5, 0.6) is 0 Å². The van der Waals surface area contributed by atoms with Crippen LogP contribution in [0.1, 0.15) is 16.7 Å². The van der Waals surface area contributed by atoms with Gasteiger partial charge in [0.15, 0.2) is 0 Å². The molecule has 4 aromatic rings. The highest BCUT2D eigenvalue weighted by atomic mass is 15.3. The lowest BCUT2D eigenvalue weighted by Crippen LogP contribution is -2.03. The van der Waals surface area contributed by atoms with E-state index in [2.05, 4.69) is 85.3 Å². The topological polar surface area (TPSA) is 17.8 Å². The number of aryl methyl sites for hydroxylation is 2. The van der Waals surface area contributed by atoms with Gasteiger partial charge in [-0.15, -0.1) is 0 Å². The molecule has 0 unspecified atom stereocenters. The molecule has 0 fully saturated rings. The standard InChI is InChI=1S/C22H20N2/c1-16-7-11-18(12-8-16)15-24-22(19-13-9-17(2)10-14-19)20-5-3-4-6-21(20)23-24/h3-14H,15H2,1-2H3. The van der Waals surface area contributed by atoms with Crippen LogP contribution in [0.3, 0.4) is 0 Å². The third-order valence-electron chi connectivity index (χ3n) is 4.42. The average Bonchev–Trinajstić information content (AvgIpc) is 2.96. The molecule has 0 radical (unpaired) electrons. The molecule has 2 heteroatoms. The average molecular weight is 312 g/mol. The van der Waals surface area contributed by atoms with Gasteiger partial charge in [-0.25, -0.2) is 0 Å². The predicted molar refractivity (Wildman–Crippen MR) is 100 cm³/mol. The summed E-state index contributed by atoms with van der Waals surface area (Å²) in [6, 6.07) is 25.7. The van der Waals surface area contributed by atoms with Crippen LogP contribution in [0.15, 0.2) is 72.8 Å². The van der Waals surface area contributed by atoms with E-state index in [0.717, 1.165) is 12.1 Å². The van der Waals surface area contributed by atoms with Gasteiger partial charge in [0, 0.05) is 10.9 Å². The smallest absolute Gasteiger partial charge is 0.0930 e. The van der Waals surface area contributed by atoms with Gasteiger partial charge in [0.05, 0.1) is 17.8 Å². The Morgan fingerprint density at radius 1 is 0.750 bits per heavy atom. The van der Waals surface area contributed by atoms with Crippen molar-refractivity contribution in [1.82, 2.24) is 9.78 Å². The number of benzene rings is 3. The number of hydrogen-bond donors (Lipinski definition) is 0. The zero-order valence-electron chi connectivity index (χ0n) is 14.0. The van der Waals surface area contributed by atoms with E-state index in [1.54, 1.807) is 0 Å². The molecule has 24 heavy (non-hydrogen) atoms. The van der Waals surface area contributed by atoms with Crippen LogP contribution < -0.4 is 0 Å². The van der Waals surface area contributed by atoms with E-state index < -0.39 is 0 Å². The second kappa shape index (κ2) is 5.97. The van der Waals surface area contributed by atoms with Gasteiger partial charge in [0.1, 0.15) is 0 Å². The Balaban J connectivity index is 1.86. The van der Waals surface area contributed by atoms with Crippen LogP contribution in [0.2, 0.25) is 0 Å². The summed E-state index contributed by atoms with van der Waals surface area (Å²) >= 11 is 0. The summed E-state index contributed by atoms with van der Waals surface area (Å²) in [5.41, 5.74) is 7.25. The van der Waals surface area contributed by atoms with Crippen molar-refractivity contribution in [2.24, 2.45) is 0 Å². The first kappa shape index (κ1) is 14.7. The van der Waals surface area contributed by atoms with Crippen molar-refractivity contribution in [1.29, 1.82) is 0 Å². The van der Waals surface area contributed by atoms with E-state index in [0.29, 0.717) is 0 Å². The fourth-order valence-electron chi connectivity index (χ4n) is 3.08. The molecule has 0 aliphatic heterocycles. The number of aromatic nitrogens is 2. The fourth-order valence-corrected chi connectivity index (χ4v) is 3.08. The summed E-state index contributed by atoms with van der Waals surface area (Å²) < 4.78 is 2.12. The van der Waals surface area contributed by atoms with Crippen LogP contribution in [-0.4, -0.2) is 9.78 Å². The summed E-state index contributed by atoms with van der Waals surface area (Å²) in [6.45, 7) is 5.01. The van der Waals surface area contributed by atoms with Crippen LogP contribution in [0, 0.1) is 13.8 Å². The molecule has 2 nitrogen and oxygen atoms in total. The third kappa shape index (κ3) is 2.71. The van der Waals surface area contributed by atoms with Crippen molar-refractivity contribution >= 4 is 10.9 Å². The normalized spacial score (nSPS) is 11.1. The lowest BCUT2D eigenvalue weighted by molar-refractivity contribution is 0.703. The highest BCUT2D eigenvalue weighted by molar-refractivity contribution is 5.93. The maximum Gasteiger partial charge on any atom is 0.0930 e. The maximum atomic E-state index is 4.85. The van der Waals surface area contributed by atoms with E-state index in [9.17, 15) is 0 Å². The Kier molecular flexibility index (Phi) is 3.66. The largest absolute Gasteiger partial charge is 0.259 e. The van der Waals surface area contributed by atoms with Crippen molar-refractivity contribution in [2.75, 3.05) is 0 Å². The molecule has 4 rings (SSSR count). The highest BCUT2D eigenvalue weighted by Gasteiger charge is 2.13. The molecular weight excluding hydrogens is 292 g/mol. The quantitative estimate of drug-likeness (QED) is 0.497. The van der Waals surface area contributed by atoms with Crippen LogP contribution in [0.25, 0.3) is 22.2 Å². The first-order chi connectivity index (χ1) is 11.7. The van der Waals surface area contributed by atoms with Gasteiger partial charge in [-0.1, -0.05) is 77.9 Å². The molecule has 0 spiro atoms. The SMILES string of the molecule is Cc1ccc(Cn2nc3ccccc3c2-c2ccc(C)cc2)cc1. The predicted octanol–water partition coefficient (Wildman–Crippen LogP) is 5.37. The Hall–Kier alpha value is -2.87. The van der Waals surface area contributed by atoms with Gasteiger partial charge in [0.25, 0.3) is 0 Å². The van der Waals surface area contributed by atoms with E-state index in [1.165, 1.54) is 33.3 Å². The molecule has 0 saturated carbocycles. The second-order valence-corrected chi connectivity index (χ2v) is 6.38. The zero-order valence-corrected chi connectivity index (χ0v) is 14.0. The molecule has 118 valence electrons. The molecule has 0 atom stereocenters. The van der Waals surface area contributed by atoms with Gasteiger partial charge in [-0.05, 0) is 25.5 Å². The summed E-state index contributed by atoms with van der Waals surface area (Å²) in [6.07, 6.45) is 0. The van der Waals surface area contributed by atoms with Gasteiger partial charge in [0.2, 0.25) is 0 Å². The van der Waals surface area contributed by atoms with Gasteiger partial charge >= 0.3 is 0 Å². The molecule has 0 aliphatic rings. The summed E-state index contributed by atoms with van der Waals surface area (Å²) in [4.78, 5) is 0. The van der Waals surface area contributed by atoms with Crippen LogP contribution >= 0.6 is 0 Å². The minimum absolute atomic E-state index is 0.776. The van der Waals surface area contributed by atoms with Gasteiger partial charge in [-0.3, -0.25) is 4.68 Å². The molecule has 0 amide bonds. The van der Waals surface area contributed by atoms with E-state index in [1.807, 2.05) is 6.07 Å².